The Balaban J connectivity index is 1.38. The topological polar surface area (TPSA) is 104 Å². The molecule has 0 spiro atoms. The molecule has 8 heteroatoms. The number of rotatable bonds is 5. The largest absolute Gasteiger partial charge is 0.367 e. The Kier molecular flexibility index (Phi) is 5.31. The number of H-pyrrole nitrogens is 1. The zero-order valence-corrected chi connectivity index (χ0v) is 20.0. The van der Waals surface area contributed by atoms with Crippen molar-refractivity contribution in [2.45, 2.75) is 44.1 Å². The summed E-state index contributed by atoms with van der Waals surface area (Å²) in [4.78, 5) is 27.1. The minimum Gasteiger partial charge on any atom is -0.367 e. The van der Waals surface area contributed by atoms with Gasteiger partial charge in [0.05, 0.1) is 11.7 Å². The van der Waals surface area contributed by atoms with E-state index < -0.39 is 0 Å². The van der Waals surface area contributed by atoms with Crippen molar-refractivity contribution < 1.29 is 0 Å². The molecule has 0 radical (unpaired) electrons. The summed E-state index contributed by atoms with van der Waals surface area (Å²) in [5.74, 6) is 2.18. The SMILES string of the molecule is c1cncc(-c2cc3c(-c4nc(NC5CCCNCC5)c5c(C6CC6)cncc5n4)ccnc3[nH]2)c1. The molecule has 1 saturated heterocycles. The van der Waals surface area contributed by atoms with Gasteiger partial charge in [-0.2, -0.15) is 0 Å². The lowest BCUT2D eigenvalue weighted by molar-refractivity contribution is 0.635. The van der Waals surface area contributed by atoms with Crippen LogP contribution in [0.5, 0.6) is 0 Å². The molecule has 2 aliphatic rings. The highest BCUT2D eigenvalue weighted by Crippen LogP contribution is 2.44. The van der Waals surface area contributed by atoms with Crippen molar-refractivity contribution >= 4 is 27.8 Å². The Morgan fingerprint density at radius 1 is 0.917 bits per heavy atom. The molecular weight excluding hydrogens is 448 g/mol. The van der Waals surface area contributed by atoms with E-state index in [9.17, 15) is 0 Å². The lowest BCUT2D eigenvalue weighted by Gasteiger charge is -2.20. The second-order valence-electron chi connectivity index (χ2n) is 9.86. The van der Waals surface area contributed by atoms with Crippen LogP contribution in [-0.2, 0) is 0 Å². The molecule has 2 fully saturated rings. The van der Waals surface area contributed by atoms with E-state index in [4.69, 9.17) is 9.97 Å². The monoisotopic (exact) mass is 476 g/mol. The lowest BCUT2D eigenvalue weighted by atomic mass is 10.1. The molecule has 1 aliphatic carbocycles. The molecule has 180 valence electrons. The van der Waals surface area contributed by atoms with Crippen molar-refractivity contribution in [3.63, 3.8) is 0 Å². The van der Waals surface area contributed by atoms with Gasteiger partial charge in [0.15, 0.2) is 5.82 Å². The van der Waals surface area contributed by atoms with Gasteiger partial charge in [0.1, 0.15) is 11.5 Å². The molecule has 1 aliphatic heterocycles. The average molecular weight is 477 g/mol. The summed E-state index contributed by atoms with van der Waals surface area (Å²) in [5.41, 5.74) is 5.92. The van der Waals surface area contributed by atoms with Crippen LogP contribution >= 0.6 is 0 Å². The molecule has 7 rings (SSSR count). The first-order valence-electron chi connectivity index (χ1n) is 12.8. The van der Waals surface area contributed by atoms with Gasteiger partial charge in [-0.1, -0.05) is 0 Å². The second-order valence-corrected chi connectivity index (χ2v) is 9.86. The van der Waals surface area contributed by atoms with Crippen molar-refractivity contribution in [1.29, 1.82) is 0 Å². The molecule has 36 heavy (non-hydrogen) atoms. The highest BCUT2D eigenvalue weighted by molar-refractivity contribution is 5.98. The van der Waals surface area contributed by atoms with Crippen molar-refractivity contribution in [2.24, 2.45) is 0 Å². The van der Waals surface area contributed by atoms with Gasteiger partial charge in [0.25, 0.3) is 0 Å². The third kappa shape index (κ3) is 3.97. The standard InChI is InChI=1S/C28H28N8/c1-3-18(14-30-10-1)23-13-21-20(8-12-32-26(21)34-23)27-35-24-16-31-15-22(17-5-6-17)25(24)28(36-27)33-19-4-2-9-29-11-7-19/h1,3,8,10,12-17,19,29H,2,4-7,9,11H2,(H,32,34)(H,33,35,36). The van der Waals surface area contributed by atoms with E-state index in [2.05, 4.69) is 36.6 Å². The number of anilines is 1. The zero-order chi connectivity index (χ0) is 23.9. The predicted octanol–water partition coefficient (Wildman–Crippen LogP) is 5.06. The minimum atomic E-state index is 0.382. The fraction of sp³-hybridized carbons (Fsp3) is 0.321. The van der Waals surface area contributed by atoms with Crippen LogP contribution in [0.4, 0.5) is 5.82 Å². The minimum absolute atomic E-state index is 0.382. The normalized spacial score (nSPS) is 18.4. The molecule has 3 N–H and O–H groups in total. The van der Waals surface area contributed by atoms with Gasteiger partial charge in [-0.15, -0.1) is 0 Å². The van der Waals surface area contributed by atoms with Crippen molar-refractivity contribution in [2.75, 3.05) is 18.4 Å². The molecule has 6 heterocycles. The van der Waals surface area contributed by atoms with Gasteiger partial charge < -0.3 is 15.6 Å². The van der Waals surface area contributed by atoms with Gasteiger partial charge in [-0.3, -0.25) is 9.97 Å². The first kappa shape index (κ1) is 21.4. The molecule has 0 amide bonds. The van der Waals surface area contributed by atoms with E-state index in [0.717, 1.165) is 76.9 Å². The third-order valence-electron chi connectivity index (χ3n) is 7.32. The number of nitrogens with one attached hydrogen (secondary N) is 3. The van der Waals surface area contributed by atoms with Crippen molar-refractivity contribution in [1.82, 2.24) is 35.2 Å². The fourth-order valence-electron chi connectivity index (χ4n) is 5.29. The number of aromatic nitrogens is 6. The van der Waals surface area contributed by atoms with E-state index in [0.29, 0.717) is 17.8 Å². The van der Waals surface area contributed by atoms with Crippen molar-refractivity contribution in [3.8, 4) is 22.6 Å². The average Bonchev–Trinajstić information content (AvgIpc) is 3.72. The summed E-state index contributed by atoms with van der Waals surface area (Å²) in [5, 5.41) is 9.46. The number of pyridine rings is 3. The number of hydrogen-bond donors (Lipinski definition) is 3. The summed E-state index contributed by atoms with van der Waals surface area (Å²) < 4.78 is 0. The maximum Gasteiger partial charge on any atom is 0.163 e. The smallest absolute Gasteiger partial charge is 0.163 e. The van der Waals surface area contributed by atoms with Gasteiger partial charge >= 0.3 is 0 Å². The van der Waals surface area contributed by atoms with Gasteiger partial charge in [-0.25, -0.2) is 15.0 Å². The van der Waals surface area contributed by atoms with Crippen LogP contribution in [0.3, 0.4) is 0 Å². The Morgan fingerprint density at radius 2 is 1.89 bits per heavy atom. The maximum absolute atomic E-state index is 5.17. The summed E-state index contributed by atoms with van der Waals surface area (Å²) in [6.07, 6.45) is 15.1. The summed E-state index contributed by atoms with van der Waals surface area (Å²) in [6.45, 7) is 2.10. The van der Waals surface area contributed by atoms with Crippen molar-refractivity contribution in [3.05, 3.63) is 60.8 Å². The predicted molar refractivity (Wildman–Crippen MR) is 142 cm³/mol. The van der Waals surface area contributed by atoms with Gasteiger partial charge in [-0.05, 0) is 80.9 Å². The zero-order valence-electron chi connectivity index (χ0n) is 20.0. The van der Waals surface area contributed by atoms with Gasteiger partial charge in [0, 0.05) is 58.4 Å². The van der Waals surface area contributed by atoms with Gasteiger partial charge in [0.2, 0.25) is 0 Å². The number of aromatic amines is 1. The Labute approximate surface area is 209 Å². The molecule has 0 aromatic carbocycles. The van der Waals surface area contributed by atoms with Crippen LogP contribution in [-0.4, -0.2) is 49.0 Å². The molecule has 0 bridgehead atoms. The van der Waals surface area contributed by atoms with E-state index in [1.807, 2.05) is 43.0 Å². The maximum atomic E-state index is 5.17. The van der Waals surface area contributed by atoms with E-state index in [1.165, 1.54) is 18.4 Å². The van der Waals surface area contributed by atoms with Crippen LogP contribution < -0.4 is 10.6 Å². The second kappa shape index (κ2) is 8.95. The summed E-state index contributed by atoms with van der Waals surface area (Å²) in [6, 6.07) is 8.48. The number of nitrogens with zero attached hydrogens (tertiary/aromatic N) is 5. The van der Waals surface area contributed by atoms with Crippen LogP contribution in [0.1, 0.15) is 43.6 Å². The van der Waals surface area contributed by atoms with E-state index in [1.54, 1.807) is 6.20 Å². The Morgan fingerprint density at radius 3 is 2.78 bits per heavy atom. The lowest BCUT2D eigenvalue weighted by Crippen LogP contribution is -2.22. The molecule has 1 atom stereocenters. The number of hydrogen-bond acceptors (Lipinski definition) is 7. The number of fused-ring (bicyclic) bond motifs is 2. The van der Waals surface area contributed by atoms with E-state index >= 15 is 0 Å². The highest BCUT2D eigenvalue weighted by atomic mass is 15.1. The van der Waals surface area contributed by atoms with Crippen LogP contribution in [0.25, 0.3) is 44.6 Å². The third-order valence-corrected chi connectivity index (χ3v) is 7.32. The Bertz CT molecular complexity index is 1530. The van der Waals surface area contributed by atoms with Crippen LogP contribution in [0.15, 0.2) is 55.2 Å². The van der Waals surface area contributed by atoms with Crippen LogP contribution in [0, 0.1) is 0 Å². The molecule has 1 unspecified atom stereocenters. The molecule has 5 aromatic heterocycles. The Hall–Kier alpha value is -3.91. The quantitative estimate of drug-likeness (QED) is 0.326. The first-order valence-corrected chi connectivity index (χ1v) is 12.8. The van der Waals surface area contributed by atoms with Crippen LogP contribution in [0.2, 0.25) is 0 Å². The highest BCUT2D eigenvalue weighted by Gasteiger charge is 2.28. The summed E-state index contributed by atoms with van der Waals surface area (Å²) >= 11 is 0. The molecule has 1 saturated carbocycles. The molecular formula is C28H28N8. The summed E-state index contributed by atoms with van der Waals surface area (Å²) in [7, 11) is 0. The first-order chi connectivity index (χ1) is 17.8. The molecule has 8 nitrogen and oxygen atoms in total. The molecule has 5 aromatic rings. The fourth-order valence-corrected chi connectivity index (χ4v) is 5.29. The van der Waals surface area contributed by atoms with E-state index in [-0.39, 0.29) is 0 Å².